The molecule has 0 atom stereocenters. The maximum Gasteiger partial charge on any atom is 0.334 e. The number of non-ortho nitro benzene ring substituents is 1. The molecular weight excluding hydrogens is 338 g/mol. The summed E-state index contributed by atoms with van der Waals surface area (Å²) in [6.45, 7) is 0.0782. The molecule has 0 saturated carbocycles. The van der Waals surface area contributed by atoms with Crippen LogP contribution in [0.15, 0.2) is 16.8 Å². The molecule has 25 heavy (non-hydrogen) atoms. The van der Waals surface area contributed by atoms with Crippen LogP contribution in [0.5, 0.6) is 0 Å². The lowest BCUT2D eigenvalue weighted by molar-refractivity contribution is -0.383. The van der Waals surface area contributed by atoms with Gasteiger partial charge >= 0.3 is 11.7 Å². The van der Waals surface area contributed by atoms with Crippen LogP contribution < -0.4 is 5.32 Å². The standard InChI is InChI=1S/C13H11N5O7/c19-9-3-4-10(20)17(9)24-11(21)5-6-14-7-1-2-8(18(22)23)13-12(7)15-25-16-13/h1-2,14H,3-6H2. The first kappa shape index (κ1) is 16.3. The zero-order valence-electron chi connectivity index (χ0n) is 12.6. The fourth-order valence-corrected chi connectivity index (χ4v) is 2.25. The maximum atomic E-state index is 11.7. The quantitative estimate of drug-likeness (QED) is 0.443. The molecule has 1 fully saturated rings. The number of benzene rings is 1. The molecule has 0 bridgehead atoms. The summed E-state index contributed by atoms with van der Waals surface area (Å²) in [5.41, 5.74) is 0.244. The Bertz CT molecular complexity index is 861. The minimum atomic E-state index is -0.771. The van der Waals surface area contributed by atoms with E-state index in [0.717, 1.165) is 0 Å². The number of hydrogen-bond donors (Lipinski definition) is 1. The first-order valence-electron chi connectivity index (χ1n) is 7.17. The Morgan fingerprint density at radius 2 is 1.96 bits per heavy atom. The monoisotopic (exact) mass is 349 g/mol. The van der Waals surface area contributed by atoms with Crippen LogP contribution in [0.3, 0.4) is 0 Å². The second-order valence-corrected chi connectivity index (χ2v) is 5.07. The number of hydroxylamine groups is 2. The highest BCUT2D eigenvalue weighted by Gasteiger charge is 2.32. The molecule has 2 heterocycles. The highest BCUT2D eigenvalue weighted by atomic mass is 16.7. The Labute approximate surface area is 138 Å². The number of nitro benzene ring substituents is 1. The van der Waals surface area contributed by atoms with Crippen molar-refractivity contribution in [3.05, 3.63) is 22.2 Å². The third-order valence-electron chi connectivity index (χ3n) is 3.43. The van der Waals surface area contributed by atoms with Crippen LogP contribution in [0, 0.1) is 10.1 Å². The predicted octanol–water partition coefficient (Wildman–Crippen LogP) is 0.540. The number of fused-ring (bicyclic) bond motifs is 1. The summed E-state index contributed by atoms with van der Waals surface area (Å²) in [7, 11) is 0. The predicted molar refractivity (Wildman–Crippen MR) is 78.7 cm³/mol. The van der Waals surface area contributed by atoms with Gasteiger partial charge in [0.2, 0.25) is 5.52 Å². The highest BCUT2D eigenvalue weighted by molar-refractivity contribution is 6.01. The van der Waals surface area contributed by atoms with E-state index in [1.807, 2.05) is 0 Å². The smallest absolute Gasteiger partial charge is 0.334 e. The molecule has 0 unspecified atom stereocenters. The third kappa shape index (κ3) is 3.22. The second kappa shape index (κ2) is 6.51. The molecule has 1 aliphatic heterocycles. The van der Waals surface area contributed by atoms with Crippen LogP contribution >= 0.6 is 0 Å². The average molecular weight is 349 g/mol. The molecule has 0 radical (unpaired) electrons. The fraction of sp³-hybridized carbons (Fsp3) is 0.308. The van der Waals surface area contributed by atoms with Gasteiger partial charge in [0.05, 0.1) is 17.0 Å². The number of carbonyl (C=O) groups is 3. The van der Waals surface area contributed by atoms with E-state index in [2.05, 4.69) is 20.3 Å². The average Bonchev–Trinajstić information content (AvgIpc) is 3.17. The van der Waals surface area contributed by atoms with Gasteiger partial charge in [0, 0.05) is 25.5 Å². The summed E-state index contributed by atoms with van der Waals surface area (Å²) in [5.74, 6) is -1.89. The van der Waals surface area contributed by atoms with Crippen LogP contribution in [0.1, 0.15) is 19.3 Å². The molecule has 2 aromatic rings. The van der Waals surface area contributed by atoms with Crippen LogP contribution in [-0.2, 0) is 19.2 Å². The molecule has 1 aliphatic rings. The zero-order chi connectivity index (χ0) is 18.0. The van der Waals surface area contributed by atoms with E-state index in [1.54, 1.807) is 0 Å². The van der Waals surface area contributed by atoms with Crippen LogP contribution in [0.4, 0.5) is 11.4 Å². The van der Waals surface area contributed by atoms with Crippen molar-refractivity contribution < 1.29 is 28.8 Å². The van der Waals surface area contributed by atoms with Crippen LogP contribution in [-0.4, -0.2) is 44.6 Å². The minimum Gasteiger partial charge on any atom is -0.383 e. The number of imide groups is 1. The number of amides is 2. The molecular formula is C13H11N5O7. The first-order chi connectivity index (χ1) is 12.0. The topological polar surface area (TPSA) is 158 Å². The number of nitrogens with zero attached hydrogens (tertiary/aromatic N) is 4. The molecule has 2 amide bonds. The summed E-state index contributed by atoms with van der Waals surface area (Å²) in [6.07, 6.45) is -0.116. The Morgan fingerprint density at radius 1 is 1.28 bits per heavy atom. The molecule has 1 N–H and O–H groups in total. The SMILES string of the molecule is O=C(CCNc1ccc([N+](=O)[O-])c2nonc12)ON1C(=O)CCC1=O. The third-order valence-corrected chi connectivity index (χ3v) is 3.43. The number of rotatable bonds is 6. The van der Waals surface area contributed by atoms with Crippen molar-refractivity contribution in [3.8, 4) is 0 Å². The number of aromatic nitrogens is 2. The molecule has 0 spiro atoms. The lowest BCUT2D eigenvalue weighted by atomic mass is 10.2. The van der Waals surface area contributed by atoms with Crippen molar-refractivity contribution >= 4 is 40.2 Å². The molecule has 0 aliphatic carbocycles. The van der Waals surface area contributed by atoms with E-state index in [9.17, 15) is 24.5 Å². The highest BCUT2D eigenvalue weighted by Crippen LogP contribution is 2.28. The van der Waals surface area contributed by atoms with Crippen molar-refractivity contribution in [1.82, 2.24) is 15.4 Å². The van der Waals surface area contributed by atoms with E-state index in [-0.39, 0.29) is 42.5 Å². The van der Waals surface area contributed by atoms with Gasteiger partial charge in [0.15, 0.2) is 5.52 Å². The van der Waals surface area contributed by atoms with Gasteiger partial charge in [0.25, 0.3) is 11.8 Å². The Balaban J connectivity index is 1.60. The summed E-state index contributed by atoms with van der Waals surface area (Å²) in [4.78, 5) is 49.4. The number of hydrogen-bond acceptors (Lipinski definition) is 10. The lowest BCUT2D eigenvalue weighted by Crippen LogP contribution is -2.32. The molecule has 1 aromatic carbocycles. The van der Waals surface area contributed by atoms with Gasteiger partial charge < -0.3 is 10.2 Å². The van der Waals surface area contributed by atoms with Crippen molar-refractivity contribution in [2.45, 2.75) is 19.3 Å². The van der Waals surface area contributed by atoms with Crippen LogP contribution in [0.25, 0.3) is 11.0 Å². The Kier molecular flexibility index (Phi) is 4.24. The van der Waals surface area contributed by atoms with Gasteiger partial charge in [-0.1, -0.05) is 0 Å². The van der Waals surface area contributed by atoms with Crippen molar-refractivity contribution in [2.75, 3.05) is 11.9 Å². The van der Waals surface area contributed by atoms with Gasteiger partial charge in [0.1, 0.15) is 0 Å². The summed E-state index contributed by atoms with van der Waals surface area (Å²) in [5, 5.41) is 21.3. The van der Waals surface area contributed by atoms with Gasteiger partial charge in [-0.25, -0.2) is 9.42 Å². The molecule has 12 nitrogen and oxygen atoms in total. The Hall–Kier alpha value is -3.57. The maximum absolute atomic E-state index is 11.7. The normalized spacial score (nSPS) is 14.2. The van der Waals surface area contributed by atoms with Gasteiger partial charge in [-0.05, 0) is 16.4 Å². The van der Waals surface area contributed by atoms with E-state index in [4.69, 9.17) is 4.84 Å². The van der Waals surface area contributed by atoms with Gasteiger partial charge in [-0.3, -0.25) is 19.7 Å². The zero-order valence-corrected chi connectivity index (χ0v) is 12.6. The number of carbonyl (C=O) groups excluding carboxylic acids is 3. The largest absolute Gasteiger partial charge is 0.383 e. The van der Waals surface area contributed by atoms with Crippen molar-refractivity contribution in [3.63, 3.8) is 0 Å². The first-order valence-corrected chi connectivity index (χ1v) is 7.17. The number of anilines is 1. The molecule has 130 valence electrons. The Morgan fingerprint density at radius 3 is 2.64 bits per heavy atom. The second-order valence-electron chi connectivity index (χ2n) is 5.07. The van der Waals surface area contributed by atoms with E-state index in [0.29, 0.717) is 10.8 Å². The number of nitrogens with one attached hydrogen (secondary N) is 1. The number of nitro groups is 1. The van der Waals surface area contributed by atoms with E-state index in [1.165, 1.54) is 12.1 Å². The van der Waals surface area contributed by atoms with Gasteiger partial charge in [-0.2, -0.15) is 0 Å². The summed E-state index contributed by atoms with van der Waals surface area (Å²) >= 11 is 0. The summed E-state index contributed by atoms with van der Waals surface area (Å²) in [6, 6.07) is 2.64. The van der Waals surface area contributed by atoms with Crippen molar-refractivity contribution in [1.29, 1.82) is 0 Å². The van der Waals surface area contributed by atoms with Gasteiger partial charge in [-0.15, -0.1) is 5.06 Å². The fourth-order valence-electron chi connectivity index (χ4n) is 2.25. The lowest BCUT2D eigenvalue weighted by Gasteiger charge is -2.12. The van der Waals surface area contributed by atoms with E-state index < -0.39 is 22.7 Å². The minimum absolute atomic E-state index is 0.0182. The van der Waals surface area contributed by atoms with Crippen molar-refractivity contribution in [2.24, 2.45) is 0 Å². The van der Waals surface area contributed by atoms with Crippen LogP contribution in [0.2, 0.25) is 0 Å². The summed E-state index contributed by atoms with van der Waals surface area (Å²) < 4.78 is 4.52. The molecule has 1 aromatic heterocycles. The molecule has 1 saturated heterocycles. The molecule has 12 heteroatoms. The van der Waals surface area contributed by atoms with E-state index >= 15 is 0 Å². The molecule has 3 rings (SSSR count).